The molecule has 1 aliphatic heterocycles. The van der Waals surface area contributed by atoms with Gasteiger partial charge in [0, 0.05) is 22.7 Å². The van der Waals surface area contributed by atoms with Crippen LogP contribution < -0.4 is 0 Å². The number of hydrogen-bond donors (Lipinski definition) is 1. The van der Waals surface area contributed by atoms with Crippen molar-refractivity contribution in [1.29, 1.82) is 0 Å². The maximum absolute atomic E-state index is 12.3. The van der Waals surface area contributed by atoms with E-state index in [0.717, 1.165) is 5.01 Å². The standard InChI is InChI=1S/C15H19ClN2O3/c1-10-9-15(20,11-5-7-12(16)8-6-11)18(17-10)13(19)21-14(2,3)4/h5-8,20H,9H2,1-4H3. The minimum atomic E-state index is -1.54. The van der Waals surface area contributed by atoms with Gasteiger partial charge in [-0.3, -0.25) is 0 Å². The molecule has 0 radical (unpaired) electrons. The van der Waals surface area contributed by atoms with Gasteiger partial charge >= 0.3 is 6.09 Å². The number of amides is 1. The molecule has 0 saturated heterocycles. The SMILES string of the molecule is CC1=NN(C(=O)OC(C)(C)C)C(O)(c2ccc(Cl)cc2)C1. The van der Waals surface area contributed by atoms with E-state index in [-0.39, 0.29) is 6.42 Å². The lowest BCUT2D eigenvalue weighted by Crippen LogP contribution is -2.45. The van der Waals surface area contributed by atoms with E-state index in [9.17, 15) is 9.90 Å². The number of aliphatic hydroxyl groups is 1. The lowest BCUT2D eigenvalue weighted by Gasteiger charge is -2.32. The number of hydrazone groups is 1. The van der Waals surface area contributed by atoms with Gasteiger partial charge in [-0.2, -0.15) is 10.1 Å². The van der Waals surface area contributed by atoms with Crippen molar-refractivity contribution < 1.29 is 14.6 Å². The zero-order chi connectivity index (χ0) is 15.8. The molecule has 2 rings (SSSR count). The minimum absolute atomic E-state index is 0.230. The molecule has 0 aliphatic carbocycles. The molecule has 1 aromatic carbocycles. The molecule has 5 nitrogen and oxygen atoms in total. The van der Waals surface area contributed by atoms with Crippen LogP contribution in [0.25, 0.3) is 0 Å². The smallest absolute Gasteiger partial charge is 0.433 e. The van der Waals surface area contributed by atoms with Crippen molar-refractivity contribution in [2.75, 3.05) is 0 Å². The summed E-state index contributed by atoms with van der Waals surface area (Å²) in [6.45, 7) is 7.04. The maximum atomic E-state index is 12.3. The molecule has 6 heteroatoms. The Kier molecular flexibility index (Phi) is 4.00. The summed E-state index contributed by atoms with van der Waals surface area (Å²) in [6, 6.07) is 6.67. The molecule has 0 bridgehead atoms. The molecule has 0 fully saturated rings. The minimum Gasteiger partial charge on any atom is -0.442 e. The van der Waals surface area contributed by atoms with Gasteiger partial charge in [0.1, 0.15) is 5.60 Å². The summed E-state index contributed by atoms with van der Waals surface area (Å²) in [6.07, 6.45) is -0.453. The van der Waals surface area contributed by atoms with Gasteiger partial charge in [0.2, 0.25) is 0 Å². The third kappa shape index (κ3) is 3.36. The summed E-state index contributed by atoms with van der Waals surface area (Å²) in [5.74, 6) is 0. The van der Waals surface area contributed by atoms with E-state index in [1.165, 1.54) is 0 Å². The second-order valence-corrected chi connectivity index (χ2v) is 6.56. The quantitative estimate of drug-likeness (QED) is 0.863. The number of benzene rings is 1. The fourth-order valence-electron chi connectivity index (χ4n) is 2.16. The van der Waals surface area contributed by atoms with Crippen LogP contribution in [0.5, 0.6) is 0 Å². The monoisotopic (exact) mass is 310 g/mol. The molecule has 1 N–H and O–H groups in total. The fraction of sp³-hybridized carbons (Fsp3) is 0.467. The van der Waals surface area contributed by atoms with Crippen LogP contribution in [-0.2, 0) is 10.5 Å². The third-order valence-electron chi connectivity index (χ3n) is 3.00. The van der Waals surface area contributed by atoms with Crippen molar-refractivity contribution >= 4 is 23.4 Å². The van der Waals surface area contributed by atoms with Gasteiger partial charge in [-0.25, -0.2) is 4.79 Å². The van der Waals surface area contributed by atoms with E-state index in [2.05, 4.69) is 5.10 Å². The molecule has 114 valence electrons. The van der Waals surface area contributed by atoms with E-state index in [0.29, 0.717) is 16.3 Å². The summed E-state index contributed by atoms with van der Waals surface area (Å²) in [4.78, 5) is 12.3. The van der Waals surface area contributed by atoms with E-state index < -0.39 is 17.4 Å². The Labute approximate surface area is 129 Å². The Morgan fingerprint density at radius 2 is 1.95 bits per heavy atom. The van der Waals surface area contributed by atoms with Crippen LogP contribution in [-0.4, -0.2) is 27.5 Å². The summed E-state index contributed by atoms with van der Waals surface area (Å²) in [5, 5.41) is 16.6. The van der Waals surface area contributed by atoms with Crippen LogP contribution in [0, 0.1) is 0 Å². The highest BCUT2D eigenvalue weighted by Gasteiger charge is 2.46. The number of rotatable bonds is 1. The van der Waals surface area contributed by atoms with Crippen molar-refractivity contribution in [1.82, 2.24) is 5.01 Å². The van der Waals surface area contributed by atoms with Crippen molar-refractivity contribution in [2.45, 2.75) is 45.4 Å². The van der Waals surface area contributed by atoms with Gasteiger partial charge in [-0.1, -0.05) is 23.7 Å². The molecule has 1 amide bonds. The molecule has 0 aromatic heterocycles. The lowest BCUT2D eigenvalue weighted by molar-refractivity contribution is -0.0975. The van der Waals surface area contributed by atoms with E-state index >= 15 is 0 Å². The Morgan fingerprint density at radius 3 is 2.48 bits per heavy atom. The molecule has 1 aromatic rings. The normalized spacial score (nSPS) is 22.2. The molecular formula is C15H19ClN2O3. The second kappa shape index (κ2) is 5.31. The zero-order valence-electron chi connectivity index (χ0n) is 12.6. The average Bonchev–Trinajstić information content (AvgIpc) is 2.64. The largest absolute Gasteiger partial charge is 0.442 e. The van der Waals surface area contributed by atoms with Crippen LogP contribution in [0.1, 0.15) is 39.7 Å². The molecule has 0 saturated carbocycles. The van der Waals surface area contributed by atoms with Crippen LogP contribution in [0.15, 0.2) is 29.4 Å². The van der Waals surface area contributed by atoms with Gasteiger partial charge in [0.05, 0.1) is 0 Å². The predicted octanol–water partition coefficient (Wildman–Crippen LogP) is 3.50. The first-order chi connectivity index (χ1) is 9.62. The van der Waals surface area contributed by atoms with Crippen molar-refractivity contribution in [3.63, 3.8) is 0 Å². The number of halogens is 1. The van der Waals surface area contributed by atoms with Gasteiger partial charge < -0.3 is 9.84 Å². The predicted molar refractivity (Wildman–Crippen MR) is 81.1 cm³/mol. The lowest BCUT2D eigenvalue weighted by atomic mass is 9.98. The zero-order valence-corrected chi connectivity index (χ0v) is 13.3. The number of carbonyl (C=O) groups excluding carboxylic acids is 1. The number of carbonyl (C=O) groups is 1. The van der Waals surface area contributed by atoms with Crippen molar-refractivity contribution in [2.24, 2.45) is 5.10 Å². The fourth-order valence-corrected chi connectivity index (χ4v) is 2.28. The summed E-state index contributed by atoms with van der Waals surface area (Å²) < 4.78 is 5.30. The molecular weight excluding hydrogens is 292 g/mol. The first-order valence-corrected chi connectivity index (χ1v) is 7.05. The number of nitrogens with zero attached hydrogens (tertiary/aromatic N) is 2. The van der Waals surface area contributed by atoms with Gasteiger partial charge in [0.15, 0.2) is 5.72 Å². The molecule has 21 heavy (non-hydrogen) atoms. The summed E-state index contributed by atoms with van der Waals surface area (Å²) >= 11 is 5.86. The topological polar surface area (TPSA) is 62.1 Å². The highest BCUT2D eigenvalue weighted by Crippen LogP contribution is 2.36. The van der Waals surface area contributed by atoms with Crippen molar-refractivity contribution in [3.8, 4) is 0 Å². The Hall–Kier alpha value is -1.59. The number of hydrogen-bond acceptors (Lipinski definition) is 4. The first-order valence-electron chi connectivity index (χ1n) is 6.67. The summed E-state index contributed by atoms with van der Waals surface area (Å²) in [7, 11) is 0. The Morgan fingerprint density at radius 1 is 1.38 bits per heavy atom. The second-order valence-electron chi connectivity index (χ2n) is 6.13. The van der Waals surface area contributed by atoms with Crippen LogP contribution in [0.2, 0.25) is 5.02 Å². The Balaban J connectivity index is 2.33. The van der Waals surface area contributed by atoms with Gasteiger partial charge in [-0.05, 0) is 39.8 Å². The number of ether oxygens (including phenoxy) is 1. The highest BCUT2D eigenvalue weighted by molar-refractivity contribution is 6.30. The van der Waals surface area contributed by atoms with E-state index in [4.69, 9.17) is 16.3 Å². The van der Waals surface area contributed by atoms with Gasteiger partial charge in [0.25, 0.3) is 0 Å². The van der Waals surface area contributed by atoms with E-state index in [1.54, 1.807) is 52.0 Å². The van der Waals surface area contributed by atoms with Crippen LogP contribution >= 0.6 is 11.6 Å². The molecule has 1 unspecified atom stereocenters. The van der Waals surface area contributed by atoms with Crippen molar-refractivity contribution in [3.05, 3.63) is 34.9 Å². The summed E-state index contributed by atoms with van der Waals surface area (Å²) in [5.41, 5.74) is -1.02. The average molecular weight is 311 g/mol. The van der Waals surface area contributed by atoms with Crippen LogP contribution in [0.4, 0.5) is 4.79 Å². The van der Waals surface area contributed by atoms with Gasteiger partial charge in [-0.15, -0.1) is 0 Å². The molecule has 1 aliphatic rings. The maximum Gasteiger partial charge on any atom is 0.433 e. The Bertz CT molecular complexity index is 578. The highest BCUT2D eigenvalue weighted by atomic mass is 35.5. The molecule has 1 heterocycles. The van der Waals surface area contributed by atoms with Crippen LogP contribution in [0.3, 0.4) is 0 Å². The molecule has 1 atom stereocenters. The first kappa shape index (κ1) is 15.8. The van der Waals surface area contributed by atoms with E-state index in [1.807, 2.05) is 0 Å². The molecule has 0 spiro atoms. The third-order valence-corrected chi connectivity index (χ3v) is 3.25.